The monoisotopic (exact) mass is 253 g/mol. The largest absolute Gasteiger partial charge is 0.481 e. The van der Waals surface area contributed by atoms with Gasteiger partial charge in [-0.3, -0.25) is 9.59 Å². The predicted octanol–water partition coefficient (Wildman–Crippen LogP) is 1.51. The van der Waals surface area contributed by atoms with Gasteiger partial charge in [-0.05, 0) is 18.4 Å². The zero-order valence-electron chi connectivity index (χ0n) is 10.4. The molecule has 0 bridgehead atoms. The molecule has 0 saturated carbocycles. The smallest absolute Gasteiger partial charge is 0.320 e. The first-order chi connectivity index (χ1) is 8.47. The Bertz CT molecular complexity index is 365. The van der Waals surface area contributed by atoms with E-state index in [1.807, 2.05) is 37.3 Å². The van der Waals surface area contributed by atoms with Gasteiger partial charge in [-0.15, -0.1) is 0 Å². The predicted molar refractivity (Wildman–Crippen MR) is 68.3 cm³/mol. The highest BCUT2D eigenvalue weighted by Crippen LogP contribution is 2.01. The minimum Gasteiger partial charge on any atom is -0.481 e. The van der Waals surface area contributed by atoms with E-state index in [-0.39, 0.29) is 0 Å². The molecule has 4 N–H and O–H groups in total. The van der Waals surface area contributed by atoms with Crippen molar-refractivity contribution in [2.45, 2.75) is 32.2 Å². The van der Waals surface area contributed by atoms with Crippen molar-refractivity contribution in [2.24, 2.45) is 5.73 Å². The number of hydrogen-bond donors (Lipinski definition) is 3. The first kappa shape index (κ1) is 16.1. The Morgan fingerprint density at radius 1 is 1.22 bits per heavy atom. The molecule has 0 unspecified atom stereocenters. The van der Waals surface area contributed by atoms with Gasteiger partial charge in [0.25, 0.3) is 0 Å². The summed E-state index contributed by atoms with van der Waals surface area (Å²) in [7, 11) is 0. The lowest BCUT2D eigenvalue weighted by molar-refractivity contribution is -0.139. The molecule has 0 aliphatic heterocycles. The quantitative estimate of drug-likeness (QED) is 0.738. The maximum atomic E-state index is 10.4. The fourth-order valence-corrected chi connectivity index (χ4v) is 1.17. The van der Waals surface area contributed by atoms with Crippen molar-refractivity contribution in [3.8, 4) is 0 Å². The molecular weight excluding hydrogens is 234 g/mol. The summed E-state index contributed by atoms with van der Waals surface area (Å²) in [5, 5.41) is 16.4. The molecule has 0 radical (unpaired) electrons. The second-order valence-corrected chi connectivity index (χ2v) is 3.78. The van der Waals surface area contributed by atoms with Gasteiger partial charge in [-0.25, -0.2) is 0 Å². The van der Waals surface area contributed by atoms with Crippen LogP contribution in [0.4, 0.5) is 0 Å². The Morgan fingerprint density at radius 3 is 2.11 bits per heavy atom. The highest BCUT2D eigenvalue weighted by atomic mass is 16.4. The van der Waals surface area contributed by atoms with Gasteiger partial charge in [-0.2, -0.15) is 0 Å². The normalized spacial score (nSPS) is 11.0. The molecule has 0 heterocycles. The van der Waals surface area contributed by atoms with Crippen LogP contribution in [-0.4, -0.2) is 28.2 Å². The van der Waals surface area contributed by atoms with Gasteiger partial charge in [0.15, 0.2) is 0 Å². The summed E-state index contributed by atoms with van der Waals surface area (Å²) >= 11 is 0. The Labute approximate surface area is 106 Å². The maximum absolute atomic E-state index is 10.4. The molecule has 0 amide bonds. The van der Waals surface area contributed by atoms with Gasteiger partial charge in [0.1, 0.15) is 6.04 Å². The first-order valence-electron chi connectivity index (χ1n) is 5.71. The van der Waals surface area contributed by atoms with Crippen molar-refractivity contribution in [1.29, 1.82) is 0 Å². The lowest BCUT2D eigenvalue weighted by Crippen LogP contribution is -2.32. The topological polar surface area (TPSA) is 101 Å². The van der Waals surface area contributed by atoms with Gasteiger partial charge in [0.2, 0.25) is 0 Å². The molecule has 18 heavy (non-hydrogen) atoms. The Balaban J connectivity index is 0.000000411. The average molecular weight is 253 g/mol. The van der Waals surface area contributed by atoms with Gasteiger partial charge >= 0.3 is 11.9 Å². The van der Waals surface area contributed by atoms with Crippen LogP contribution in [0, 0.1) is 0 Å². The highest BCUT2D eigenvalue weighted by Gasteiger charge is 2.10. The lowest BCUT2D eigenvalue weighted by atomic mass is 10.1. The summed E-state index contributed by atoms with van der Waals surface area (Å²) in [6, 6.07) is 8.54. The fraction of sp³-hybridized carbons (Fsp3) is 0.385. The Hall–Kier alpha value is -1.88. The minimum absolute atomic E-state index is 0.292. The summed E-state index contributed by atoms with van der Waals surface area (Å²) in [5.74, 6) is -1.67. The van der Waals surface area contributed by atoms with Crippen LogP contribution in [-0.2, 0) is 16.0 Å². The molecule has 1 rings (SSSR count). The zero-order valence-corrected chi connectivity index (χ0v) is 10.4. The fourth-order valence-electron chi connectivity index (χ4n) is 1.17. The standard InChI is InChI=1S/C9H11NO2.C4H8O2/c10-8(9(11)12)6-7-4-2-1-3-5-7;1-2-3-4(5)6/h1-5,8H,6,10H2,(H,11,12);2-3H2,1H3,(H,5,6)/t8-;/m0./s1. The van der Waals surface area contributed by atoms with Crippen molar-refractivity contribution in [3.05, 3.63) is 35.9 Å². The first-order valence-corrected chi connectivity index (χ1v) is 5.71. The minimum atomic E-state index is -0.959. The Morgan fingerprint density at radius 2 is 1.78 bits per heavy atom. The van der Waals surface area contributed by atoms with Crippen LogP contribution in [0.1, 0.15) is 25.3 Å². The van der Waals surface area contributed by atoms with Crippen LogP contribution in [0.5, 0.6) is 0 Å². The van der Waals surface area contributed by atoms with E-state index in [1.54, 1.807) is 0 Å². The number of nitrogens with two attached hydrogens (primary N) is 1. The van der Waals surface area contributed by atoms with E-state index < -0.39 is 18.0 Å². The van der Waals surface area contributed by atoms with Crippen LogP contribution in [0.25, 0.3) is 0 Å². The number of benzene rings is 1. The summed E-state index contributed by atoms with van der Waals surface area (Å²) in [5.41, 5.74) is 6.30. The van der Waals surface area contributed by atoms with Crippen molar-refractivity contribution in [1.82, 2.24) is 0 Å². The molecule has 0 aromatic heterocycles. The molecule has 1 atom stereocenters. The number of carboxylic acid groups (broad SMARTS) is 2. The molecule has 5 heteroatoms. The average Bonchev–Trinajstić information content (AvgIpc) is 2.30. The zero-order chi connectivity index (χ0) is 14.0. The number of aliphatic carboxylic acids is 2. The summed E-state index contributed by atoms with van der Waals surface area (Å²) in [4.78, 5) is 20.0. The van der Waals surface area contributed by atoms with Gasteiger partial charge < -0.3 is 15.9 Å². The van der Waals surface area contributed by atoms with E-state index in [0.29, 0.717) is 12.8 Å². The molecule has 0 fully saturated rings. The van der Waals surface area contributed by atoms with Crippen molar-refractivity contribution in [2.75, 3.05) is 0 Å². The van der Waals surface area contributed by atoms with E-state index in [4.69, 9.17) is 15.9 Å². The summed E-state index contributed by atoms with van der Waals surface area (Å²) < 4.78 is 0. The molecule has 0 aliphatic carbocycles. The van der Waals surface area contributed by atoms with Gasteiger partial charge in [0.05, 0.1) is 0 Å². The molecule has 5 nitrogen and oxygen atoms in total. The van der Waals surface area contributed by atoms with E-state index in [0.717, 1.165) is 12.0 Å². The molecule has 0 aliphatic rings. The molecule has 1 aromatic rings. The van der Waals surface area contributed by atoms with E-state index in [1.165, 1.54) is 0 Å². The van der Waals surface area contributed by atoms with Crippen molar-refractivity contribution >= 4 is 11.9 Å². The molecule has 0 spiro atoms. The molecular formula is C13H19NO4. The molecule has 0 saturated heterocycles. The number of carbonyl (C=O) groups is 2. The van der Waals surface area contributed by atoms with Crippen LogP contribution in [0.2, 0.25) is 0 Å². The van der Waals surface area contributed by atoms with Crippen LogP contribution in [0.15, 0.2) is 30.3 Å². The second kappa shape index (κ2) is 9.18. The number of rotatable bonds is 5. The molecule has 1 aromatic carbocycles. The Kier molecular flexibility index (Phi) is 8.22. The van der Waals surface area contributed by atoms with E-state index in [9.17, 15) is 9.59 Å². The van der Waals surface area contributed by atoms with Crippen LogP contribution < -0.4 is 5.73 Å². The van der Waals surface area contributed by atoms with Crippen LogP contribution in [0.3, 0.4) is 0 Å². The third kappa shape index (κ3) is 8.29. The molecule has 100 valence electrons. The maximum Gasteiger partial charge on any atom is 0.320 e. The van der Waals surface area contributed by atoms with Crippen LogP contribution >= 0.6 is 0 Å². The third-order valence-electron chi connectivity index (χ3n) is 2.08. The lowest BCUT2D eigenvalue weighted by Gasteiger charge is -2.04. The SMILES string of the molecule is CCCC(=O)O.N[C@@H](Cc1ccccc1)C(=O)O. The van der Waals surface area contributed by atoms with E-state index >= 15 is 0 Å². The number of hydrogen-bond acceptors (Lipinski definition) is 3. The third-order valence-corrected chi connectivity index (χ3v) is 2.08. The van der Waals surface area contributed by atoms with E-state index in [2.05, 4.69) is 0 Å². The summed E-state index contributed by atoms with van der Waals surface area (Å²) in [6.45, 7) is 1.84. The van der Waals surface area contributed by atoms with Gasteiger partial charge in [-0.1, -0.05) is 37.3 Å². The van der Waals surface area contributed by atoms with Crippen molar-refractivity contribution < 1.29 is 19.8 Å². The number of carboxylic acids is 2. The van der Waals surface area contributed by atoms with Gasteiger partial charge in [0, 0.05) is 6.42 Å². The summed E-state index contributed by atoms with van der Waals surface area (Å²) in [6.07, 6.45) is 1.41. The highest BCUT2D eigenvalue weighted by molar-refractivity contribution is 5.73. The van der Waals surface area contributed by atoms with Crippen molar-refractivity contribution in [3.63, 3.8) is 0 Å². The second-order valence-electron chi connectivity index (χ2n) is 3.78.